The van der Waals surface area contributed by atoms with Crippen LogP contribution in [0.2, 0.25) is 0 Å². The van der Waals surface area contributed by atoms with E-state index >= 15 is 0 Å². The lowest BCUT2D eigenvalue weighted by atomic mass is 10.00. The lowest BCUT2D eigenvalue weighted by molar-refractivity contribution is 0.211. The average molecular weight is 415 g/mol. The van der Waals surface area contributed by atoms with Gasteiger partial charge in [-0.15, -0.1) is 0 Å². The van der Waals surface area contributed by atoms with Crippen molar-refractivity contribution in [2.45, 2.75) is 38.4 Å². The molecule has 0 unspecified atom stereocenters. The molecule has 0 spiro atoms. The Morgan fingerprint density at radius 2 is 1.65 bits per heavy atom. The van der Waals surface area contributed by atoms with E-state index in [2.05, 4.69) is 85.7 Å². The van der Waals surface area contributed by atoms with Crippen LogP contribution in [0.25, 0.3) is 0 Å². The van der Waals surface area contributed by atoms with Crippen LogP contribution >= 0.6 is 0 Å². The number of benzene rings is 2. The zero-order valence-electron chi connectivity index (χ0n) is 17.9. The normalized spacial score (nSPS) is 17.4. The van der Waals surface area contributed by atoms with Crippen LogP contribution in [0.1, 0.15) is 29.5 Å². The van der Waals surface area contributed by atoms with Gasteiger partial charge in [-0.3, -0.25) is 4.90 Å². The summed E-state index contributed by atoms with van der Waals surface area (Å²) < 4.78 is 0. The van der Waals surface area contributed by atoms with Crippen molar-refractivity contribution >= 4 is 17.6 Å². The standard InChI is InChI=1S/C25H30N6/c26-25-28-23(16-24(29-25)31-15-10-20-8-4-5-9-21(20)18-31)27-22-11-13-30(14-12-22)17-19-6-2-1-3-7-19/h1-9,16,22H,10-15,17-18H2,(H3,26,27,28,29). The molecule has 1 saturated heterocycles. The van der Waals surface area contributed by atoms with Gasteiger partial charge in [0.15, 0.2) is 0 Å². The lowest BCUT2D eigenvalue weighted by Gasteiger charge is -2.33. The molecule has 3 N–H and O–H groups in total. The van der Waals surface area contributed by atoms with Crippen molar-refractivity contribution in [1.82, 2.24) is 14.9 Å². The number of fused-ring (bicyclic) bond motifs is 1. The van der Waals surface area contributed by atoms with Crippen LogP contribution in [-0.2, 0) is 19.5 Å². The van der Waals surface area contributed by atoms with E-state index in [9.17, 15) is 0 Å². The van der Waals surface area contributed by atoms with E-state index in [0.29, 0.717) is 12.0 Å². The summed E-state index contributed by atoms with van der Waals surface area (Å²) in [7, 11) is 0. The molecule has 1 fully saturated rings. The molecular formula is C25H30N6. The maximum Gasteiger partial charge on any atom is 0.223 e. The largest absolute Gasteiger partial charge is 0.368 e. The number of nitrogens with zero attached hydrogens (tertiary/aromatic N) is 4. The van der Waals surface area contributed by atoms with Gasteiger partial charge < -0.3 is 16.0 Å². The molecule has 160 valence electrons. The Hall–Kier alpha value is -3.12. The fraction of sp³-hybridized carbons (Fsp3) is 0.360. The topological polar surface area (TPSA) is 70.3 Å². The van der Waals surface area contributed by atoms with Gasteiger partial charge in [-0.25, -0.2) is 0 Å². The van der Waals surface area contributed by atoms with E-state index in [1.54, 1.807) is 0 Å². The first kappa shape index (κ1) is 19.8. The second kappa shape index (κ2) is 8.94. The Bertz CT molecular complexity index is 1010. The van der Waals surface area contributed by atoms with Gasteiger partial charge >= 0.3 is 0 Å². The van der Waals surface area contributed by atoms with Crippen LogP contribution in [0.3, 0.4) is 0 Å². The van der Waals surface area contributed by atoms with E-state index in [-0.39, 0.29) is 0 Å². The zero-order chi connectivity index (χ0) is 21.0. The van der Waals surface area contributed by atoms with Gasteiger partial charge in [0.05, 0.1) is 0 Å². The van der Waals surface area contributed by atoms with Crippen molar-refractivity contribution in [3.8, 4) is 0 Å². The Morgan fingerprint density at radius 3 is 2.45 bits per heavy atom. The summed E-state index contributed by atoms with van der Waals surface area (Å²) in [4.78, 5) is 13.8. The molecule has 3 aromatic rings. The first-order valence-electron chi connectivity index (χ1n) is 11.2. The summed E-state index contributed by atoms with van der Waals surface area (Å²) in [5.74, 6) is 2.08. The highest BCUT2D eigenvalue weighted by molar-refractivity contribution is 5.54. The molecular weight excluding hydrogens is 384 g/mol. The number of piperidine rings is 1. The second-order valence-electron chi connectivity index (χ2n) is 8.59. The van der Waals surface area contributed by atoms with Crippen molar-refractivity contribution in [3.63, 3.8) is 0 Å². The average Bonchev–Trinajstić information content (AvgIpc) is 2.80. The maximum absolute atomic E-state index is 6.08. The number of rotatable bonds is 5. The lowest BCUT2D eigenvalue weighted by Crippen LogP contribution is -2.39. The Labute approximate surface area is 184 Å². The minimum absolute atomic E-state index is 0.334. The summed E-state index contributed by atoms with van der Waals surface area (Å²) in [5.41, 5.74) is 10.3. The number of hydrogen-bond acceptors (Lipinski definition) is 6. The molecule has 3 heterocycles. The monoisotopic (exact) mass is 414 g/mol. The molecule has 0 amide bonds. The summed E-state index contributed by atoms with van der Waals surface area (Å²) in [6.07, 6.45) is 3.23. The van der Waals surface area contributed by atoms with Gasteiger partial charge in [-0.1, -0.05) is 54.6 Å². The molecule has 0 atom stereocenters. The smallest absolute Gasteiger partial charge is 0.223 e. The minimum Gasteiger partial charge on any atom is -0.368 e. The first-order chi connectivity index (χ1) is 15.2. The van der Waals surface area contributed by atoms with Crippen molar-refractivity contribution in [1.29, 1.82) is 0 Å². The van der Waals surface area contributed by atoms with Crippen LogP contribution in [0.15, 0.2) is 60.7 Å². The Morgan fingerprint density at radius 1 is 0.903 bits per heavy atom. The fourth-order valence-corrected chi connectivity index (χ4v) is 4.67. The van der Waals surface area contributed by atoms with Gasteiger partial charge in [0.25, 0.3) is 0 Å². The summed E-state index contributed by atoms with van der Waals surface area (Å²) >= 11 is 0. The molecule has 31 heavy (non-hydrogen) atoms. The van der Waals surface area contributed by atoms with Gasteiger partial charge in [-0.2, -0.15) is 9.97 Å². The molecule has 6 heteroatoms. The van der Waals surface area contributed by atoms with E-state index in [1.807, 2.05) is 0 Å². The number of nitrogen functional groups attached to an aromatic ring is 1. The van der Waals surface area contributed by atoms with Crippen LogP contribution in [0.4, 0.5) is 17.6 Å². The number of hydrogen-bond donors (Lipinski definition) is 2. The third kappa shape index (κ3) is 4.80. The number of aromatic nitrogens is 2. The molecule has 6 nitrogen and oxygen atoms in total. The van der Waals surface area contributed by atoms with Gasteiger partial charge in [-0.05, 0) is 36.0 Å². The van der Waals surface area contributed by atoms with E-state index in [4.69, 9.17) is 5.73 Å². The molecule has 1 aromatic heterocycles. The third-order valence-corrected chi connectivity index (χ3v) is 6.37. The van der Waals surface area contributed by atoms with Crippen molar-refractivity contribution in [3.05, 3.63) is 77.4 Å². The van der Waals surface area contributed by atoms with Crippen molar-refractivity contribution in [2.24, 2.45) is 0 Å². The number of likely N-dealkylation sites (tertiary alicyclic amines) is 1. The molecule has 5 rings (SSSR count). The van der Waals surface area contributed by atoms with Gasteiger partial charge in [0, 0.05) is 44.8 Å². The predicted molar refractivity (Wildman–Crippen MR) is 126 cm³/mol. The fourth-order valence-electron chi connectivity index (χ4n) is 4.67. The van der Waals surface area contributed by atoms with Gasteiger partial charge in [0.2, 0.25) is 5.95 Å². The number of nitrogens with one attached hydrogen (secondary N) is 1. The summed E-state index contributed by atoms with van der Waals surface area (Å²) in [6, 6.07) is 21.8. The van der Waals surface area contributed by atoms with E-state index in [0.717, 1.165) is 63.6 Å². The Kier molecular flexibility index (Phi) is 5.71. The van der Waals surface area contributed by atoms with E-state index in [1.165, 1.54) is 16.7 Å². The van der Waals surface area contributed by atoms with Crippen molar-refractivity contribution < 1.29 is 0 Å². The van der Waals surface area contributed by atoms with Crippen LogP contribution in [-0.4, -0.2) is 40.5 Å². The number of nitrogens with two attached hydrogens (primary N) is 1. The second-order valence-corrected chi connectivity index (χ2v) is 8.59. The maximum atomic E-state index is 6.08. The minimum atomic E-state index is 0.334. The summed E-state index contributed by atoms with van der Waals surface area (Å²) in [5, 5.41) is 3.62. The van der Waals surface area contributed by atoms with E-state index < -0.39 is 0 Å². The molecule has 0 radical (unpaired) electrons. The molecule has 0 aliphatic carbocycles. The van der Waals surface area contributed by atoms with Crippen molar-refractivity contribution in [2.75, 3.05) is 35.6 Å². The molecule has 2 aliphatic heterocycles. The molecule has 0 bridgehead atoms. The highest BCUT2D eigenvalue weighted by atomic mass is 15.2. The SMILES string of the molecule is Nc1nc(NC2CCN(Cc3ccccc3)CC2)cc(N2CCc3ccccc3C2)n1. The quantitative estimate of drug-likeness (QED) is 0.663. The molecule has 2 aliphatic rings. The first-order valence-corrected chi connectivity index (χ1v) is 11.2. The Balaban J connectivity index is 1.20. The van der Waals surface area contributed by atoms with Crippen LogP contribution in [0.5, 0.6) is 0 Å². The van der Waals surface area contributed by atoms with Crippen LogP contribution < -0.4 is 16.0 Å². The third-order valence-electron chi connectivity index (χ3n) is 6.37. The molecule has 2 aromatic carbocycles. The van der Waals surface area contributed by atoms with Crippen LogP contribution in [0, 0.1) is 0 Å². The van der Waals surface area contributed by atoms with Gasteiger partial charge in [0.1, 0.15) is 11.6 Å². The zero-order valence-corrected chi connectivity index (χ0v) is 17.9. The highest BCUT2D eigenvalue weighted by Crippen LogP contribution is 2.26. The highest BCUT2D eigenvalue weighted by Gasteiger charge is 2.21. The summed E-state index contributed by atoms with van der Waals surface area (Å²) in [6.45, 7) is 5.01. The predicted octanol–water partition coefficient (Wildman–Crippen LogP) is 3.70. The molecule has 0 saturated carbocycles. The number of anilines is 3.